The molecule has 2 aromatic rings. The van der Waals surface area contributed by atoms with Gasteiger partial charge < -0.3 is 4.74 Å². The standard InChI is InChI=1S/C19H21IO2/c1-5-14(17(20)18(21)22-19(2,3)4)16-12-8-10-13-9-6-7-11-15(13)16/h5-12,14,17H,1H2,2-4H3/t14-,17+/m0/s1. The fraction of sp³-hybridized carbons (Fsp3) is 0.316. The van der Waals surface area contributed by atoms with Crippen LogP contribution in [0.2, 0.25) is 0 Å². The van der Waals surface area contributed by atoms with Crippen molar-refractivity contribution in [2.24, 2.45) is 0 Å². The number of allylic oxidation sites excluding steroid dienone is 1. The van der Waals surface area contributed by atoms with E-state index >= 15 is 0 Å². The van der Waals surface area contributed by atoms with E-state index in [1.165, 1.54) is 5.39 Å². The van der Waals surface area contributed by atoms with Gasteiger partial charge in [0.25, 0.3) is 0 Å². The number of carbonyl (C=O) groups is 1. The normalized spacial score (nSPS) is 14.4. The predicted octanol–water partition coefficient (Wildman–Crippen LogP) is 5.25. The first kappa shape index (κ1) is 17.0. The first-order chi connectivity index (χ1) is 10.3. The van der Waals surface area contributed by atoms with Gasteiger partial charge >= 0.3 is 5.97 Å². The Kier molecular flexibility index (Phi) is 5.27. The van der Waals surface area contributed by atoms with Gasteiger partial charge in [0.05, 0.1) is 0 Å². The highest BCUT2D eigenvalue weighted by atomic mass is 127. The summed E-state index contributed by atoms with van der Waals surface area (Å²) in [7, 11) is 0. The van der Waals surface area contributed by atoms with E-state index in [-0.39, 0.29) is 15.8 Å². The maximum atomic E-state index is 12.4. The van der Waals surface area contributed by atoms with Gasteiger partial charge in [-0.1, -0.05) is 71.1 Å². The molecule has 0 aliphatic heterocycles. The number of hydrogen-bond donors (Lipinski definition) is 0. The minimum atomic E-state index is -0.481. The van der Waals surface area contributed by atoms with Crippen LogP contribution >= 0.6 is 22.6 Å². The molecule has 2 rings (SSSR count). The summed E-state index contributed by atoms with van der Waals surface area (Å²) in [5.41, 5.74) is 0.628. The van der Waals surface area contributed by atoms with Crippen LogP contribution in [-0.2, 0) is 9.53 Å². The molecule has 0 fully saturated rings. The minimum absolute atomic E-state index is 0.0819. The number of fused-ring (bicyclic) bond motifs is 1. The Morgan fingerprint density at radius 2 is 1.82 bits per heavy atom. The van der Waals surface area contributed by atoms with Crippen molar-refractivity contribution in [2.75, 3.05) is 0 Å². The number of benzene rings is 2. The summed E-state index contributed by atoms with van der Waals surface area (Å²) in [4.78, 5) is 12.4. The van der Waals surface area contributed by atoms with E-state index in [1.807, 2.05) is 45.0 Å². The Bertz CT molecular complexity index is 680. The van der Waals surface area contributed by atoms with Crippen molar-refractivity contribution in [3.63, 3.8) is 0 Å². The summed E-state index contributed by atoms with van der Waals surface area (Å²) < 4.78 is 5.22. The third-order valence-electron chi connectivity index (χ3n) is 3.38. The smallest absolute Gasteiger partial charge is 0.320 e. The molecular formula is C19H21IO2. The molecule has 0 radical (unpaired) electrons. The molecule has 22 heavy (non-hydrogen) atoms. The maximum Gasteiger partial charge on any atom is 0.320 e. The van der Waals surface area contributed by atoms with Crippen LogP contribution in [0.15, 0.2) is 55.1 Å². The largest absolute Gasteiger partial charge is 0.459 e. The molecule has 2 aromatic carbocycles. The highest BCUT2D eigenvalue weighted by molar-refractivity contribution is 14.1. The summed E-state index contributed by atoms with van der Waals surface area (Å²) in [5.74, 6) is -0.285. The van der Waals surface area contributed by atoms with Crippen LogP contribution in [-0.4, -0.2) is 15.5 Å². The lowest BCUT2D eigenvalue weighted by atomic mass is 9.91. The summed E-state index contributed by atoms with van der Waals surface area (Å²) in [6.45, 7) is 9.58. The van der Waals surface area contributed by atoms with Gasteiger partial charge in [-0.2, -0.15) is 0 Å². The van der Waals surface area contributed by atoms with Gasteiger partial charge in [-0.3, -0.25) is 4.79 Å². The highest BCUT2D eigenvalue weighted by Crippen LogP contribution is 2.33. The lowest BCUT2D eigenvalue weighted by Gasteiger charge is -2.25. The molecule has 2 nitrogen and oxygen atoms in total. The molecule has 2 atom stereocenters. The molecule has 0 saturated heterocycles. The molecular weight excluding hydrogens is 387 g/mol. The van der Waals surface area contributed by atoms with Crippen LogP contribution < -0.4 is 0 Å². The van der Waals surface area contributed by atoms with Crippen LogP contribution in [0.1, 0.15) is 32.3 Å². The SMILES string of the molecule is C=C[C@@H](c1cccc2ccccc12)[C@@H](I)C(=O)OC(C)(C)C. The monoisotopic (exact) mass is 408 g/mol. The van der Waals surface area contributed by atoms with Crippen molar-refractivity contribution in [3.8, 4) is 0 Å². The van der Waals surface area contributed by atoms with Gasteiger partial charge in [0.2, 0.25) is 0 Å². The quantitative estimate of drug-likeness (QED) is 0.299. The third kappa shape index (κ3) is 3.88. The average molecular weight is 408 g/mol. The molecule has 0 unspecified atom stereocenters. The zero-order valence-corrected chi connectivity index (χ0v) is 15.3. The molecule has 0 aromatic heterocycles. The predicted molar refractivity (Wildman–Crippen MR) is 101 cm³/mol. The van der Waals surface area contributed by atoms with Gasteiger partial charge in [-0.25, -0.2) is 0 Å². The maximum absolute atomic E-state index is 12.4. The lowest BCUT2D eigenvalue weighted by molar-refractivity contribution is -0.153. The molecule has 0 N–H and O–H groups in total. The fourth-order valence-corrected chi connectivity index (χ4v) is 3.26. The van der Waals surface area contributed by atoms with Crippen LogP contribution in [0.4, 0.5) is 0 Å². The molecule has 0 saturated carbocycles. The Balaban J connectivity index is 2.38. The first-order valence-corrected chi connectivity index (χ1v) is 8.55. The molecule has 0 spiro atoms. The number of rotatable bonds is 4. The Morgan fingerprint density at radius 1 is 1.18 bits per heavy atom. The second-order valence-electron chi connectivity index (χ2n) is 6.27. The summed E-state index contributed by atoms with van der Waals surface area (Å²) in [6, 6.07) is 14.4. The Labute approximate surface area is 145 Å². The average Bonchev–Trinajstić information content (AvgIpc) is 2.46. The Hall–Kier alpha value is -1.36. The van der Waals surface area contributed by atoms with E-state index in [4.69, 9.17) is 4.74 Å². The van der Waals surface area contributed by atoms with Crippen LogP contribution in [0.5, 0.6) is 0 Å². The molecule has 0 amide bonds. The summed E-state index contributed by atoms with van der Waals surface area (Å²) >= 11 is 2.16. The number of alkyl halides is 1. The van der Waals surface area contributed by atoms with Crippen molar-refractivity contribution in [2.45, 2.75) is 36.2 Å². The second-order valence-corrected chi connectivity index (χ2v) is 7.61. The van der Waals surface area contributed by atoms with E-state index in [0.29, 0.717) is 0 Å². The molecule has 0 heterocycles. The van der Waals surface area contributed by atoms with E-state index in [1.54, 1.807) is 0 Å². The van der Waals surface area contributed by atoms with E-state index in [2.05, 4.69) is 53.4 Å². The number of halogens is 1. The van der Waals surface area contributed by atoms with E-state index in [9.17, 15) is 4.79 Å². The molecule has 0 aliphatic carbocycles. The van der Waals surface area contributed by atoms with E-state index in [0.717, 1.165) is 10.9 Å². The van der Waals surface area contributed by atoms with Gasteiger partial charge in [-0.15, -0.1) is 6.58 Å². The van der Waals surface area contributed by atoms with Gasteiger partial charge in [-0.05, 0) is 37.1 Å². The molecule has 0 aliphatic rings. The number of hydrogen-bond acceptors (Lipinski definition) is 2. The highest BCUT2D eigenvalue weighted by Gasteiger charge is 2.30. The summed E-state index contributed by atoms with van der Waals surface area (Å²) in [5, 5.41) is 2.32. The van der Waals surface area contributed by atoms with Crippen molar-refractivity contribution in [3.05, 3.63) is 60.7 Å². The summed E-state index contributed by atoms with van der Waals surface area (Å²) in [6.07, 6.45) is 1.84. The van der Waals surface area contributed by atoms with Crippen molar-refractivity contribution in [1.82, 2.24) is 0 Å². The van der Waals surface area contributed by atoms with Gasteiger partial charge in [0.1, 0.15) is 9.53 Å². The first-order valence-electron chi connectivity index (χ1n) is 7.30. The molecule has 0 bridgehead atoms. The van der Waals surface area contributed by atoms with Crippen molar-refractivity contribution in [1.29, 1.82) is 0 Å². The molecule has 116 valence electrons. The number of esters is 1. The number of ether oxygens (including phenoxy) is 1. The lowest BCUT2D eigenvalue weighted by Crippen LogP contribution is -2.31. The number of carbonyl (C=O) groups excluding carboxylic acids is 1. The Morgan fingerprint density at radius 3 is 2.45 bits per heavy atom. The zero-order chi connectivity index (χ0) is 16.3. The van der Waals surface area contributed by atoms with Crippen molar-refractivity contribution < 1.29 is 9.53 Å². The molecule has 3 heteroatoms. The van der Waals surface area contributed by atoms with Crippen LogP contribution in [0.25, 0.3) is 10.8 Å². The third-order valence-corrected chi connectivity index (χ3v) is 4.67. The van der Waals surface area contributed by atoms with Crippen LogP contribution in [0.3, 0.4) is 0 Å². The van der Waals surface area contributed by atoms with Crippen molar-refractivity contribution >= 4 is 39.3 Å². The van der Waals surface area contributed by atoms with E-state index < -0.39 is 5.60 Å². The van der Waals surface area contributed by atoms with Gasteiger partial charge in [0, 0.05) is 5.92 Å². The second kappa shape index (κ2) is 6.82. The zero-order valence-electron chi connectivity index (χ0n) is 13.2. The fourth-order valence-electron chi connectivity index (χ4n) is 2.45. The van der Waals surface area contributed by atoms with Crippen LogP contribution in [0, 0.1) is 0 Å². The topological polar surface area (TPSA) is 26.3 Å². The minimum Gasteiger partial charge on any atom is -0.459 e. The van der Waals surface area contributed by atoms with Gasteiger partial charge in [0.15, 0.2) is 0 Å².